The Kier molecular flexibility index (Phi) is 4.63. The molecule has 0 radical (unpaired) electrons. The molecule has 1 rings (SSSR count). The molecule has 3 N–H and O–H groups in total. The third kappa shape index (κ3) is 4.46. The van der Waals surface area contributed by atoms with Gasteiger partial charge in [-0.3, -0.25) is 10.9 Å². The lowest BCUT2D eigenvalue weighted by atomic mass is 10.2. The van der Waals surface area contributed by atoms with Crippen molar-refractivity contribution in [2.45, 2.75) is 6.92 Å². The molecule has 80 valence electrons. The number of hydrogen-bond donors (Lipinski definition) is 3. The number of aryl methyl sites for hydroxylation is 1. The monoisotopic (exact) mass is 221 g/mol. The first-order valence-corrected chi connectivity index (χ1v) is 5.10. The van der Waals surface area contributed by atoms with Crippen LogP contribution in [-0.4, -0.2) is 11.7 Å². The zero-order valence-electron chi connectivity index (χ0n) is 8.71. The average molecular weight is 221 g/mol. The second kappa shape index (κ2) is 6.03. The molecule has 0 aliphatic carbocycles. The lowest BCUT2D eigenvalue weighted by Crippen LogP contribution is -2.38. The molecule has 1 aromatic carbocycles. The quantitative estimate of drug-likeness (QED) is 0.413. The third-order valence-corrected chi connectivity index (χ3v) is 1.99. The van der Waals surface area contributed by atoms with Gasteiger partial charge in [-0.25, -0.2) is 0 Å². The van der Waals surface area contributed by atoms with Gasteiger partial charge in [-0.2, -0.15) is 0 Å². The summed E-state index contributed by atoms with van der Waals surface area (Å²) in [6.07, 6.45) is 1.75. The molecule has 0 atom stereocenters. The van der Waals surface area contributed by atoms with Gasteiger partial charge in [0.05, 0.1) is 5.69 Å². The number of hydrogen-bond acceptors (Lipinski definition) is 2. The fourth-order valence-corrected chi connectivity index (χ4v) is 1.20. The maximum absolute atomic E-state index is 5.02. The van der Waals surface area contributed by atoms with Crippen LogP contribution in [0.1, 0.15) is 5.56 Å². The fraction of sp³-hybridized carbons (Fsp3) is 0.182. The van der Waals surface area contributed by atoms with E-state index in [2.05, 4.69) is 22.7 Å². The predicted octanol–water partition coefficient (Wildman–Crippen LogP) is 1.97. The van der Waals surface area contributed by atoms with Crippen molar-refractivity contribution < 1.29 is 0 Å². The van der Waals surface area contributed by atoms with Gasteiger partial charge in [0.25, 0.3) is 0 Å². The van der Waals surface area contributed by atoms with Crippen molar-refractivity contribution in [3.63, 3.8) is 0 Å². The number of benzene rings is 1. The molecule has 0 unspecified atom stereocenters. The molecule has 0 heterocycles. The van der Waals surface area contributed by atoms with Crippen molar-refractivity contribution in [2.24, 2.45) is 0 Å². The molecule has 1 aromatic rings. The van der Waals surface area contributed by atoms with E-state index in [1.165, 1.54) is 5.56 Å². The zero-order chi connectivity index (χ0) is 11.1. The summed E-state index contributed by atoms with van der Waals surface area (Å²) in [6.45, 7) is 6.29. The molecule has 15 heavy (non-hydrogen) atoms. The van der Waals surface area contributed by atoms with E-state index in [0.717, 1.165) is 5.69 Å². The molecule has 3 nitrogen and oxygen atoms in total. The summed E-state index contributed by atoms with van der Waals surface area (Å²) in [5.41, 5.74) is 8.07. The van der Waals surface area contributed by atoms with Crippen LogP contribution < -0.4 is 16.2 Å². The molecule has 0 spiro atoms. The zero-order valence-corrected chi connectivity index (χ0v) is 9.53. The van der Waals surface area contributed by atoms with Gasteiger partial charge in [-0.05, 0) is 36.8 Å². The number of anilines is 1. The highest BCUT2D eigenvalue weighted by Gasteiger charge is 1.93. The highest BCUT2D eigenvalue weighted by atomic mass is 32.1. The Morgan fingerprint density at radius 2 is 2.33 bits per heavy atom. The van der Waals surface area contributed by atoms with Crippen LogP contribution in [-0.2, 0) is 0 Å². The van der Waals surface area contributed by atoms with E-state index in [1.807, 2.05) is 31.2 Å². The molecular formula is C11H15N3S. The molecule has 0 aromatic heterocycles. The van der Waals surface area contributed by atoms with Crippen LogP contribution in [0.2, 0.25) is 0 Å². The number of hydrazine groups is 1. The second-order valence-corrected chi connectivity index (χ2v) is 3.53. The molecule has 0 fully saturated rings. The maximum Gasteiger partial charge on any atom is 0.185 e. The Morgan fingerprint density at radius 3 is 3.00 bits per heavy atom. The smallest absolute Gasteiger partial charge is 0.185 e. The van der Waals surface area contributed by atoms with Crippen LogP contribution in [0, 0.1) is 6.92 Å². The number of rotatable bonds is 4. The van der Waals surface area contributed by atoms with E-state index < -0.39 is 0 Å². The predicted molar refractivity (Wildman–Crippen MR) is 68.7 cm³/mol. The summed E-state index contributed by atoms with van der Waals surface area (Å²) in [5, 5.41) is 3.51. The second-order valence-electron chi connectivity index (χ2n) is 3.12. The summed E-state index contributed by atoms with van der Waals surface area (Å²) in [6, 6.07) is 8.03. The van der Waals surface area contributed by atoms with Gasteiger partial charge in [0, 0.05) is 6.54 Å². The van der Waals surface area contributed by atoms with Crippen LogP contribution in [0.3, 0.4) is 0 Å². The molecule has 0 amide bonds. The van der Waals surface area contributed by atoms with Crippen molar-refractivity contribution in [1.82, 2.24) is 10.7 Å². The normalized spacial score (nSPS) is 9.13. The van der Waals surface area contributed by atoms with Gasteiger partial charge in [0.1, 0.15) is 0 Å². The van der Waals surface area contributed by atoms with Gasteiger partial charge in [0.15, 0.2) is 5.11 Å². The standard InChI is InChI=1S/C11H15N3S/c1-3-7-12-11(15)14-13-10-6-4-5-9(2)8-10/h3-6,8,13H,1,7H2,2H3,(H2,12,14,15). The van der Waals surface area contributed by atoms with Crippen LogP contribution in [0.5, 0.6) is 0 Å². The van der Waals surface area contributed by atoms with E-state index in [-0.39, 0.29) is 0 Å². The Morgan fingerprint density at radius 1 is 1.53 bits per heavy atom. The Labute approximate surface area is 95.5 Å². The van der Waals surface area contributed by atoms with Gasteiger partial charge >= 0.3 is 0 Å². The first-order chi connectivity index (χ1) is 7.22. The number of nitrogens with one attached hydrogen (secondary N) is 3. The van der Waals surface area contributed by atoms with Crippen molar-refractivity contribution >= 4 is 23.0 Å². The summed E-state index contributed by atoms with van der Waals surface area (Å²) in [4.78, 5) is 0. The van der Waals surface area contributed by atoms with Gasteiger partial charge in [-0.15, -0.1) is 6.58 Å². The first kappa shape index (κ1) is 11.5. The largest absolute Gasteiger partial charge is 0.358 e. The van der Waals surface area contributed by atoms with E-state index >= 15 is 0 Å². The molecular weight excluding hydrogens is 206 g/mol. The van der Waals surface area contributed by atoms with Crippen molar-refractivity contribution in [3.8, 4) is 0 Å². The van der Waals surface area contributed by atoms with Crippen LogP contribution in [0.25, 0.3) is 0 Å². The van der Waals surface area contributed by atoms with Gasteiger partial charge in [-0.1, -0.05) is 18.2 Å². The lowest BCUT2D eigenvalue weighted by molar-refractivity contribution is 0.979. The Bertz CT molecular complexity index is 349. The Balaban J connectivity index is 2.36. The highest BCUT2D eigenvalue weighted by Crippen LogP contribution is 2.07. The van der Waals surface area contributed by atoms with Crippen LogP contribution in [0.15, 0.2) is 36.9 Å². The maximum atomic E-state index is 5.02. The average Bonchev–Trinajstić information content (AvgIpc) is 2.23. The van der Waals surface area contributed by atoms with E-state index in [1.54, 1.807) is 6.08 Å². The highest BCUT2D eigenvalue weighted by molar-refractivity contribution is 7.80. The van der Waals surface area contributed by atoms with Crippen LogP contribution in [0.4, 0.5) is 5.69 Å². The summed E-state index contributed by atoms with van der Waals surface area (Å²) in [7, 11) is 0. The topological polar surface area (TPSA) is 36.1 Å². The SMILES string of the molecule is C=CCNC(=S)NNc1cccc(C)c1. The molecule has 0 aliphatic rings. The molecule has 0 bridgehead atoms. The summed E-state index contributed by atoms with van der Waals surface area (Å²) < 4.78 is 0. The Hall–Kier alpha value is -1.55. The van der Waals surface area contributed by atoms with E-state index in [9.17, 15) is 0 Å². The van der Waals surface area contributed by atoms with Crippen molar-refractivity contribution in [3.05, 3.63) is 42.5 Å². The summed E-state index contributed by atoms with van der Waals surface area (Å²) >= 11 is 5.02. The molecule has 0 saturated carbocycles. The lowest BCUT2D eigenvalue weighted by Gasteiger charge is -2.11. The first-order valence-electron chi connectivity index (χ1n) is 4.70. The fourth-order valence-electron chi connectivity index (χ4n) is 1.06. The van der Waals surface area contributed by atoms with E-state index in [0.29, 0.717) is 11.7 Å². The summed E-state index contributed by atoms with van der Waals surface area (Å²) in [5.74, 6) is 0. The third-order valence-electron chi connectivity index (χ3n) is 1.75. The molecule has 4 heteroatoms. The van der Waals surface area contributed by atoms with Crippen molar-refractivity contribution in [2.75, 3.05) is 12.0 Å². The van der Waals surface area contributed by atoms with E-state index in [4.69, 9.17) is 12.2 Å². The number of thiocarbonyl (C=S) groups is 1. The minimum atomic E-state index is 0.552. The molecule has 0 saturated heterocycles. The van der Waals surface area contributed by atoms with Gasteiger partial charge in [0.2, 0.25) is 0 Å². The van der Waals surface area contributed by atoms with Crippen LogP contribution >= 0.6 is 12.2 Å². The van der Waals surface area contributed by atoms with Crippen molar-refractivity contribution in [1.29, 1.82) is 0 Å². The minimum absolute atomic E-state index is 0.552. The molecule has 0 aliphatic heterocycles. The minimum Gasteiger partial charge on any atom is -0.358 e. The van der Waals surface area contributed by atoms with Gasteiger partial charge < -0.3 is 5.32 Å².